The van der Waals surface area contributed by atoms with Crippen molar-refractivity contribution in [2.24, 2.45) is 11.7 Å². The third-order valence-corrected chi connectivity index (χ3v) is 5.62. The highest BCUT2D eigenvalue weighted by Gasteiger charge is 2.37. The van der Waals surface area contributed by atoms with Crippen LogP contribution in [0.5, 0.6) is 0 Å². The second kappa shape index (κ2) is 10.8. The van der Waals surface area contributed by atoms with Gasteiger partial charge in [-0.05, 0) is 44.7 Å². The molecule has 1 saturated heterocycles. The fourth-order valence-corrected chi connectivity index (χ4v) is 4.11. The molecule has 2 rings (SSSR count). The molecule has 1 unspecified atom stereocenters. The molecule has 23 heavy (non-hydrogen) atoms. The molecule has 138 valence electrons. The van der Waals surface area contributed by atoms with E-state index in [1.54, 1.807) is 0 Å². The van der Waals surface area contributed by atoms with Crippen molar-refractivity contribution in [2.75, 3.05) is 19.6 Å². The average molecular weight is 368 g/mol. The number of nitrogens with two attached hydrogens (primary N) is 1. The number of halogens is 2. The van der Waals surface area contributed by atoms with Crippen LogP contribution in [0.2, 0.25) is 0 Å². The minimum atomic E-state index is -0.594. The van der Waals surface area contributed by atoms with Crippen LogP contribution in [-0.2, 0) is 4.79 Å². The first-order chi connectivity index (χ1) is 10.1. The van der Waals surface area contributed by atoms with E-state index in [0.29, 0.717) is 12.0 Å². The summed E-state index contributed by atoms with van der Waals surface area (Å²) in [5.74, 6) is 0.746. The van der Waals surface area contributed by atoms with E-state index in [-0.39, 0.29) is 30.7 Å². The smallest absolute Gasteiger partial charge is 0.240 e. The summed E-state index contributed by atoms with van der Waals surface area (Å²) in [6, 6.07) is 0.483. The first-order valence-corrected chi connectivity index (χ1v) is 8.92. The number of hydrogen-bond acceptors (Lipinski definition) is 3. The minimum Gasteiger partial charge on any atom is -0.353 e. The number of likely N-dealkylation sites (tertiary alicyclic amines) is 1. The summed E-state index contributed by atoms with van der Waals surface area (Å²) in [5.41, 5.74) is 5.66. The van der Waals surface area contributed by atoms with Crippen LogP contribution in [0.15, 0.2) is 0 Å². The summed E-state index contributed by atoms with van der Waals surface area (Å²) in [5, 5.41) is 3.19. The number of carbonyl (C=O) groups is 1. The van der Waals surface area contributed by atoms with Gasteiger partial charge in [0.25, 0.3) is 0 Å². The van der Waals surface area contributed by atoms with E-state index in [2.05, 4.69) is 24.1 Å². The first-order valence-electron chi connectivity index (χ1n) is 8.92. The number of nitrogens with zero attached hydrogens (tertiary/aromatic N) is 1. The molecular formula is C17H35Cl2N3O. The molecule has 4 nitrogen and oxygen atoms in total. The van der Waals surface area contributed by atoms with Gasteiger partial charge in [0, 0.05) is 12.6 Å². The fraction of sp³-hybridized carbons (Fsp3) is 0.941. The topological polar surface area (TPSA) is 58.4 Å². The van der Waals surface area contributed by atoms with Crippen LogP contribution in [0, 0.1) is 5.92 Å². The second-order valence-electron chi connectivity index (χ2n) is 6.96. The third-order valence-electron chi connectivity index (χ3n) is 5.62. The van der Waals surface area contributed by atoms with Crippen molar-refractivity contribution < 1.29 is 4.79 Å². The van der Waals surface area contributed by atoms with Crippen molar-refractivity contribution in [3.63, 3.8) is 0 Å². The third kappa shape index (κ3) is 5.77. The van der Waals surface area contributed by atoms with Gasteiger partial charge >= 0.3 is 0 Å². The SMILES string of the molecule is CCC(CC)C(CNC(=O)C1(N)CCCC1)N1CCCC1.Cl.Cl. The highest BCUT2D eigenvalue weighted by molar-refractivity contribution is 5.86. The van der Waals surface area contributed by atoms with Crippen molar-refractivity contribution in [2.45, 2.75) is 76.8 Å². The highest BCUT2D eigenvalue weighted by Crippen LogP contribution is 2.28. The lowest BCUT2D eigenvalue weighted by atomic mass is 9.92. The van der Waals surface area contributed by atoms with E-state index in [9.17, 15) is 4.79 Å². The van der Waals surface area contributed by atoms with Crippen LogP contribution in [0.25, 0.3) is 0 Å². The predicted octanol–water partition coefficient (Wildman–Crippen LogP) is 3.12. The standard InChI is InChI=1S/C17H33N3O.2ClH/c1-3-14(4-2)15(20-11-7-8-12-20)13-19-16(21)17(18)9-5-6-10-17;;/h14-15H,3-13,18H2,1-2H3,(H,19,21);2*1H. The maximum absolute atomic E-state index is 12.4. The Morgan fingerprint density at radius 3 is 2.09 bits per heavy atom. The predicted molar refractivity (Wildman–Crippen MR) is 102 cm³/mol. The Balaban J connectivity index is 0.00000242. The summed E-state index contributed by atoms with van der Waals surface area (Å²) in [7, 11) is 0. The van der Waals surface area contributed by atoms with Crippen LogP contribution in [0.1, 0.15) is 65.2 Å². The maximum Gasteiger partial charge on any atom is 0.240 e. The van der Waals surface area contributed by atoms with E-state index in [1.165, 1.54) is 38.8 Å². The first kappa shape index (κ1) is 23.0. The van der Waals surface area contributed by atoms with Gasteiger partial charge in [-0.25, -0.2) is 0 Å². The molecular weight excluding hydrogens is 333 g/mol. The quantitative estimate of drug-likeness (QED) is 0.726. The van der Waals surface area contributed by atoms with Crippen molar-refractivity contribution in [3.8, 4) is 0 Å². The summed E-state index contributed by atoms with van der Waals surface area (Å²) in [6.45, 7) is 7.67. The zero-order valence-electron chi connectivity index (χ0n) is 14.7. The number of carbonyl (C=O) groups excluding carboxylic acids is 1. The molecule has 0 aromatic carbocycles. The van der Waals surface area contributed by atoms with Gasteiger partial charge in [-0.3, -0.25) is 9.69 Å². The highest BCUT2D eigenvalue weighted by atomic mass is 35.5. The van der Waals surface area contributed by atoms with Gasteiger partial charge in [0.15, 0.2) is 0 Å². The van der Waals surface area contributed by atoms with E-state index in [4.69, 9.17) is 5.73 Å². The molecule has 0 aromatic heterocycles. The molecule has 0 radical (unpaired) electrons. The van der Waals surface area contributed by atoms with Gasteiger partial charge in [-0.1, -0.05) is 39.5 Å². The Morgan fingerprint density at radius 1 is 1.09 bits per heavy atom. The minimum absolute atomic E-state index is 0. The van der Waals surface area contributed by atoms with Gasteiger partial charge in [-0.2, -0.15) is 0 Å². The maximum atomic E-state index is 12.4. The number of amides is 1. The second-order valence-corrected chi connectivity index (χ2v) is 6.96. The van der Waals surface area contributed by atoms with Gasteiger partial charge in [-0.15, -0.1) is 24.8 Å². The van der Waals surface area contributed by atoms with E-state index in [1.807, 2.05) is 0 Å². The molecule has 0 spiro atoms. The van der Waals surface area contributed by atoms with Crippen molar-refractivity contribution >= 4 is 30.7 Å². The molecule has 1 aliphatic carbocycles. The van der Waals surface area contributed by atoms with Crippen molar-refractivity contribution in [3.05, 3.63) is 0 Å². The number of rotatable bonds is 7. The molecule has 2 fully saturated rings. The Kier molecular flexibility index (Phi) is 10.7. The van der Waals surface area contributed by atoms with Gasteiger partial charge < -0.3 is 11.1 Å². The molecule has 1 amide bonds. The van der Waals surface area contributed by atoms with Crippen LogP contribution in [0.4, 0.5) is 0 Å². The fourth-order valence-electron chi connectivity index (χ4n) is 4.11. The normalized spacial score (nSPS) is 21.6. The van der Waals surface area contributed by atoms with Crippen molar-refractivity contribution in [1.29, 1.82) is 0 Å². The largest absolute Gasteiger partial charge is 0.353 e. The van der Waals surface area contributed by atoms with E-state index in [0.717, 1.165) is 32.2 Å². The lowest BCUT2D eigenvalue weighted by molar-refractivity contribution is -0.126. The Bertz CT molecular complexity index is 337. The van der Waals surface area contributed by atoms with Crippen LogP contribution < -0.4 is 11.1 Å². The summed E-state index contributed by atoms with van der Waals surface area (Å²) in [6.07, 6.45) is 8.83. The Hall–Kier alpha value is -0.0300. The van der Waals surface area contributed by atoms with Gasteiger partial charge in [0.2, 0.25) is 5.91 Å². The Morgan fingerprint density at radius 2 is 1.61 bits per heavy atom. The van der Waals surface area contributed by atoms with E-state index < -0.39 is 5.54 Å². The molecule has 3 N–H and O–H groups in total. The monoisotopic (exact) mass is 367 g/mol. The molecule has 6 heteroatoms. The zero-order valence-corrected chi connectivity index (χ0v) is 16.3. The summed E-state index contributed by atoms with van der Waals surface area (Å²) in [4.78, 5) is 15.0. The lowest BCUT2D eigenvalue weighted by Gasteiger charge is -2.35. The molecule has 1 aliphatic heterocycles. The number of nitrogens with one attached hydrogen (secondary N) is 1. The van der Waals surface area contributed by atoms with Gasteiger partial charge in [0.05, 0.1) is 5.54 Å². The average Bonchev–Trinajstić information content (AvgIpc) is 3.15. The van der Waals surface area contributed by atoms with Crippen LogP contribution in [-0.4, -0.2) is 42.0 Å². The summed E-state index contributed by atoms with van der Waals surface area (Å²) < 4.78 is 0. The molecule has 1 saturated carbocycles. The number of hydrogen-bond donors (Lipinski definition) is 2. The van der Waals surface area contributed by atoms with Gasteiger partial charge in [0.1, 0.15) is 0 Å². The summed E-state index contributed by atoms with van der Waals surface area (Å²) >= 11 is 0. The van der Waals surface area contributed by atoms with Crippen LogP contribution in [0.3, 0.4) is 0 Å². The lowest BCUT2D eigenvalue weighted by Crippen LogP contribution is -2.55. The van der Waals surface area contributed by atoms with E-state index >= 15 is 0 Å². The van der Waals surface area contributed by atoms with Crippen molar-refractivity contribution in [1.82, 2.24) is 10.2 Å². The molecule has 1 heterocycles. The molecule has 2 aliphatic rings. The van der Waals surface area contributed by atoms with Crippen LogP contribution >= 0.6 is 24.8 Å². The zero-order chi connectivity index (χ0) is 15.3. The molecule has 1 atom stereocenters. The molecule has 0 aromatic rings. The Labute approximate surface area is 154 Å². The molecule has 0 bridgehead atoms.